The topological polar surface area (TPSA) is 25.8 Å². The van der Waals surface area contributed by atoms with Crippen molar-refractivity contribution < 1.29 is 0 Å². The molecule has 236 valence electrons. The van der Waals surface area contributed by atoms with Gasteiger partial charge in [0.15, 0.2) is 0 Å². The van der Waals surface area contributed by atoms with E-state index in [0.29, 0.717) is 0 Å². The second kappa shape index (κ2) is 11.2. The number of allylic oxidation sites excluding steroid dienone is 1. The van der Waals surface area contributed by atoms with E-state index in [2.05, 4.69) is 159 Å². The van der Waals surface area contributed by atoms with Crippen LogP contribution >= 0.6 is 0 Å². The highest BCUT2D eigenvalue weighted by molar-refractivity contribution is 6.22. The number of fused-ring (bicyclic) bond motifs is 9. The SMILES string of the molecule is Cc1c2c3c(nc(-c4ccccc4)c2c(C)c2c1c(-c1cccc(-c4cc5ccccc5c5ccccc45)c1)nc1ccccc12)C=CCC3. The molecule has 0 saturated carbocycles. The van der Waals surface area contributed by atoms with Crippen molar-refractivity contribution >= 4 is 60.1 Å². The number of rotatable bonds is 3. The number of pyridine rings is 2. The molecule has 0 unspecified atom stereocenters. The number of aryl methyl sites for hydroxylation is 3. The van der Waals surface area contributed by atoms with Gasteiger partial charge in [0.2, 0.25) is 0 Å². The third-order valence-electron chi connectivity index (χ3n) is 10.8. The monoisotopic (exact) mass is 638 g/mol. The van der Waals surface area contributed by atoms with Crippen LogP contribution in [0.4, 0.5) is 0 Å². The Hall–Kier alpha value is -6.12. The Bertz CT molecular complexity index is 2880. The molecule has 0 N–H and O–H groups in total. The lowest BCUT2D eigenvalue weighted by atomic mass is 9.83. The number of hydrogen-bond acceptors (Lipinski definition) is 2. The van der Waals surface area contributed by atoms with Gasteiger partial charge in [-0.1, -0.05) is 121 Å². The van der Waals surface area contributed by atoms with E-state index in [1.54, 1.807) is 0 Å². The largest absolute Gasteiger partial charge is 0.247 e. The highest BCUT2D eigenvalue weighted by Gasteiger charge is 2.24. The fourth-order valence-corrected chi connectivity index (χ4v) is 8.59. The Morgan fingerprint density at radius 3 is 1.98 bits per heavy atom. The molecule has 0 fully saturated rings. The predicted molar refractivity (Wildman–Crippen MR) is 213 cm³/mol. The first kappa shape index (κ1) is 28.9. The van der Waals surface area contributed by atoms with Crippen LogP contribution in [0.25, 0.3) is 93.7 Å². The summed E-state index contributed by atoms with van der Waals surface area (Å²) in [5.74, 6) is 0. The Kier molecular flexibility index (Phi) is 6.47. The van der Waals surface area contributed by atoms with E-state index in [1.807, 2.05) is 0 Å². The zero-order valence-electron chi connectivity index (χ0n) is 28.2. The molecule has 0 aliphatic heterocycles. The second-order valence-corrected chi connectivity index (χ2v) is 13.6. The van der Waals surface area contributed by atoms with E-state index in [9.17, 15) is 0 Å². The summed E-state index contributed by atoms with van der Waals surface area (Å²) in [5.41, 5.74) is 12.8. The molecule has 10 rings (SSSR count). The highest BCUT2D eigenvalue weighted by Crippen LogP contribution is 2.46. The van der Waals surface area contributed by atoms with Gasteiger partial charge in [0.1, 0.15) is 0 Å². The molecule has 50 heavy (non-hydrogen) atoms. The molecule has 0 saturated heterocycles. The predicted octanol–water partition coefficient (Wildman–Crippen LogP) is 12.8. The number of benzene rings is 7. The van der Waals surface area contributed by atoms with Crippen LogP contribution in [-0.4, -0.2) is 9.97 Å². The van der Waals surface area contributed by atoms with Crippen LogP contribution in [0, 0.1) is 13.8 Å². The van der Waals surface area contributed by atoms with Gasteiger partial charge in [0.05, 0.1) is 22.6 Å². The zero-order chi connectivity index (χ0) is 33.3. The molecule has 2 heterocycles. The van der Waals surface area contributed by atoms with E-state index in [-0.39, 0.29) is 0 Å². The van der Waals surface area contributed by atoms with Crippen molar-refractivity contribution in [3.8, 4) is 33.6 Å². The molecule has 2 nitrogen and oxygen atoms in total. The summed E-state index contributed by atoms with van der Waals surface area (Å²) in [6, 6.07) is 48.2. The summed E-state index contributed by atoms with van der Waals surface area (Å²) in [6.45, 7) is 4.62. The third-order valence-corrected chi connectivity index (χ3v) is 10.8. The quantitative estimate of drug-likeness (QED) is 0.142. The molecule has 7 aromatic carbocycles. The van der Waals surface area contributed by atoms with Gasteiger partial charge >= 0.3 is 0 Å². The van der Waals surface area contributed by atoms with Crippen LogP contribution in [-0.2, 0) is 6.42 Å². The molecule has 0 amide bonds. The molecular formula is C48H34N2. The van der Waals surface area contributed by atoms with Crippen molar-refractivity contribution in [2.24, 2.45) is 0 Å². The van der Waals surface area contributed by atoms with Crippen LogP contribution in [0.2, 0.25) is 0 Å². The zero-order valence-corrected chi connectivity index (χ0v) is 28.2. The summed E-state index contributed by atoms with van der Waals surface area (Å²) >= 11 is 0. The average Bonchev–Trinajstić information content (AvgIpc) is 3.18. The average molecular weight is 639 g/mol. The number of nitrogens with zero attached hydrogens (tertiary/aromatic N) is 2. The van der Waals surface area contributed by atoms with Crippen LogP contribution in [0.15, 0.2) is 140 Å². The van der Waals surface area contributed by atoms with Crippen LogP contribution in [0.3, 0.4) is 0 Å². The first-order valence-corrected chi connectivity index (χ1v) is 17.6. The fourth-order valence-electron chi connectivity index (χ4n) is 8.59. The summed E-state index contributed by atoms with van der Waals surface area (Å²) in [4.78, 5) is 10.9. The number of hydrogen-bond donors (Lipinski definition) is 0. The molecule has 2 heteroatoms. The Morgan fingerprint density at radius 1 is 0.480 bits per heavy atom. The van der Waals surface area contributed by atoms with E-state index in [0.717, 1.165) is 46.6 Å². The molecule has 9 aromatic rings. The number of para-hydroxylation sites is 1. The van der Waals surface area contributed by atoms with E-state index >= 15 is 0 Å². The standard InChI is InChI=1S/C48H34N2/c1-29-44-39-24-11-13-26-42(39)50-48(34-19-14-18-32(27-34)40-28-33-17-6-7-20-35(33)36-21-8-9-22-37(36)40)46(44)30(2)43-38-23-10-12-25-41(38)49-47(45(29)43)31-15-4-3-5-16-31/h3-9,11-22,24-28H,10,23H2,1-2H3. The first-order valence-electron chi connectivity index (χ1n) is 17.6. The second-order valence-electron chi connectivity index (χ2n) is 13.6. The van der Waals surface area contributed by atoms with Crippen molar-refractivity contribution in [1.29, 1.82) is 0 Å². The van der Waals surface area contributed by atoms with Gasteiger partial charge in [-0.05, 0) is 111 Å². The lowest BCUT2D eigenvalue weighted by Gasteiger charge is -2.23. The lowest BCUT2D eigenvalue weighted by molar-refractivity contribution is 0.978. The molecule has 1 aliphatic rings. The molecular weight excluding hydrogens is 605 g/mol. The maximum atomic E-state index is 5.49. The van der Waals surface area contributed by atoms with Crippen molar-refractivity contribution in [2.45, 2.75) is 26.7 Å². The fraction of sp³-hybridized carbons (Fsp3) is 0.0833. The van der Waals surface area contributed by atoms with Gasteiger partial charge in [-0.2, -0.15) is 0 Å². The van der Waals surface area contributed by atoms with Gasteiger partial charge in [0.25, 0.3) is 0 Å². The molecule has 0 spiro atoms. The maximum absolute atomic E-state index is 5.49. The van der Waals surface area contributed by atoms with Crippen LogP contribution < -0.4 is 0 Å². The van der Waals surface area contributed by atoms with Crippen molar-refractivity contribution in [3.05, 3.63) is 162 Å². The minimum absolute atomic E-state index is 0.983. The van der Waals surface area contributed by atoms with Gasteiger partial charge in [-0.3, -0.25) is 0 Å². The summed E-state index contributed by atoms with van der Waals surface area (Å²) < 4.78 is 0. The van der Waals surface area contributed by atoms with Gasteiger partial charge < -0.3 is 0 Å². The minimum atomic E-state index is 0.983. The third kappa shape index (κ3) is 4.28. The minimum Gasteiger partial charge on any atom is -0.247 e. The smallest absolute Gasteiger partial charge is 0.0791 e. The molecule has 0 bridgehead atoms. The van der Waals surface area contributed by atoms with Crippen molar-refractivity contribution in [2.75, 3.05) is 0 Å². The molecule has 0 atom stereocenters. The Balaban J connectivity index is 1.32. The molecule has 0 radical (unpaired) electrons. The van der Waals surface area contributed by atoms with Gasteiger partial charge in [-0.15, -0.1) is 0 Å². The summed E-state index contributed by atoms with van der Waals surface area (Å²) in [7, 11) is 0. The lowest BCUT2D eigenvalue weighted by Crippen LogP contribution is -2.05. The van der Waals surface area contributed by atoms with E-state index in [1.165, 1.54) is 76.3 Å². The molecule has 1 aliphatic carbocycles. The van der Waals surface area contributed by atoms with Crippen molar-refractivity contribution in [3.63, 3.8) is 0 Å². The highest BCUT2D eigenvalue weighted by atomic mass is 14.7. The van der Waals surface area contributed by atoms with Crippen LogP contribution in [0.5, 0.6) is 0 Å². The summed E-state index contributed by atoms with van der Waals surface area (Å²) in [5, 5.41) is 11.3. The maximum Gasteiger partial charge on any atom is 0.0791 e. The molecule has 2 aromatic heterocycles. The first-order chi connectivity index (χ1) is 24.7. The summed E-state index contributed by atoms with van der Waals surface area (Å²) in [6.07, 6.45) is 6.49. The van der Waals surface area contributed by atoms with E-state index in [4.69, 9.17) is 9.97 Å². The van der Waals surface area contributed by atoms with Crippen molar-refractivity contribution in [1.82, 2.24) is 9.97 Å². The van der Waals surface area contributed by atoms with Gasteiger partial charge in [0, 0.05) is 27.3 Å². The number of aromatic nitrogens is 2. The normalized spacial score (nSPS) is 12.8. The Morgan fingerprint density at radius 2 is 1.12 bits per heavy atom. The van der Waals surface area contributed by atoms with Crippen LogP contribution in [0.1, 0.15) is 28.8 Å². The van der Waals surface area contributed by atoms with E-state index < -0.39 is 0 Å². The van der Waals surface area contributed by atoms with Gasteiger partial charge in [-0.25, -0.2) is 9.97 Å². The Labute approximate surface area is 291 Å².